The summed E-state index contributed by atoms with van der Waals surface area (Å²) in [5.74, 6) is 1.24. The summed E-state index contributed by atoms with van der Waals surface area (Å²) in [6, 6.07) is 9.15. The highest BCUT2D eigenvalue weighted by atomic mass is 35.5. The van der Waals surface area contributed by atoms with Crippen LogP contribution in [0.5, 0.6) is 11.5 Å². The Hall–Kier alpha value is -1.98. The Morgan fingerprint density at radius 3 is 2.63 bits per heavy atom. The molecule has 7 heteroatoms. The first kappa shape index (κ1) is 18.4. The van der Waals surface area contributed by atoms with Gasteiger partial charge >= 0.3 is 0 Å². The number of rotatable bonds is 5. The molecule has 1 aromatic carbocycles. The fourth-order valence-electron chi connectivity index (χ4n) is 4.05. The summed E-state index contributed by atoms with van der Waals surface area (Å²) in [4.78, 5) is 18.8. The van der Waals surface area contributed by atoms with Crippen LogP contribution < -0.4 is 9.47 Å². The van der Waals surface area contributed by atoms with E-state index in [0.717, 1.165) is 31.4 Å². The van der Waals surface area contributed by atoms with E-state index >= 15 is 0 Å². The van der Waals surface area contributed by atoms with Crippen LogP contribution in [0.4, 0.5) is 0 Å². The second-order valence-electron chi connectivity index (χ2n) is 6.95. The van der Waals surface area contributed by atoms with E-state index in [1.807, 2.05) is 17.0 Å². The van der Waals surface area contributed by atoms with Crippen molar-refractivity contribution in [2.24, 2.45) is 0 Å². The smallest absolute Gasteiger partial charge is 0.261 e. The Morgan fingerprint density at radius 2 is 1.96 bits per heavy atom. The molecule has 2 aromatic rings. The maximum absolute atomic E-state index is 12.8. The van der Waals surface area contributed by atoms with Crippen LogP contribution in [0, 0.1) is 0 Å². The standard InChI is InChI=1S/C20H20Cl2N2O3/c21-13-3-6-19(18(22)8-13)26-12-20(25)24-14-4-5-15(24)10-17(9-14)27-16-2-1-7-23-11-16/h1-3,6-8,11,14-15,17H,4-5,9-10,12H2. The number of carbonyl (C=O) groups excluding carboxylic acids is 1. The predicted molar refractivity (Wildman–Crippen MR) is 104 cm³/mol. The molecule has 2 aliphatic rings. The first-order valence-corrected chi connectivity index (χ1v) is 9.81. The molecule has 0 radical (unpaired) electrons. The van der Waals surface area contributed by atoms with E-state index in [9.17, 15) is 4.79 Å². The summed E-state index contributed by atoms with van der Waals surface area (Å²) >= 11 is 12.0. The Kier molecular flexibility index (Phi) is 5.41. The van der Waals surface area contributed by atoms with Gasteiger partial charge in [-0.2, -0.15) is 0 Å². The van der Waals surface area contributed by atoms with Gasteiger partial charge in [-0.15, -0.1) is 0 Å². The van der Waals surface area contributed by atoms with Crippen LogP contribution in [-0.4, -0.2) is 40.6 Å². The van der Waals surface area contributed by atoms with E-state index in [-0.39, 0.29) is 30.7 Å². The van der Waals surface area contributed by atoms with E-state index in [1.165, 1.54) is 0 Å². The van der Waals surface area contributed by atoms with Crippen molar-refractivity contribution in [3.63, 3.8) is 0 Å². The minimum absolute atomic E-state index is 0.00616. The molecule has 0 spiro atoms. The molecule has 2 saturated heterocycles. The van der Waals surface area contributed by atoms with E-state index in [4.69, 9.17) is 32.7 Å². The molecule has 0 N–H and O–H groups in total. The number of halogens is 2. The Morgan fingerprint density at radius 1 is 1.19 bits per heavy atom. The molecule has 2 bridgehead atoms. The van der Waals surface area contributed by atoms with Crippen LogP contribution in [0.2, 0.25) is 10.0 Å². The molecule has 5 nitrogen and oxygen atoms in total. The van der Waals surface area contributed by atoms with Gasteiger partial charge in [0.1, 0.15) is 17.6 Å². The van der Waals surface area contributed by atoms with Crippen molar-refractivity contribution in [3.05, 3.63) is 52.8 Å². The number of ether oxygens (including phenoxy) is 2. The first-order chi connectivity index (χ1) is 13.1. The molecule has 0 saturated carbocycles. The van der Waals surface area contributed by atoms with Crippen molar-refractivity contribution in [3.8, 4) is 11.5 Å². The average Bonchev–Trinajstić information content (AvgIpc) is 2.92. The normalized spacial score (nSPS) is 23.9. The molecule has 2 atom stereocenters. The van der Waals surface area contributed by atoms with E-state index in [0.29, 0.717) is 15.8 Å². The molecule has 1 aromatic heterocycles. The number of amides is 1. The van der Waals surface area contributed by atoms with Gasteiger partial charge < -0.3 is 14.4 Å². The number of carbonyl (C=O) groups is 1. The van der Waals surface area contributed by atoms with Gasteiger partial charge in [0.2, 0.25) is 0 Å². The second kappa shape index (κ2) is 7.95. The van der Waals surface area contributed by atoms with Crippen molar-refractivity contribution in [1.82, 2.24) is 9.88 Å². The zero-order chi connectivity index (χ0) is 18.8. The van der Waals surface area contributed by atoms with Crippen molar-refractivity contribution in [1.29, 1.82) is 0 Å². The molecule has 2 aliphatic heterocycles. The second-order valence-corrected chi connectivity index (χ2v) is 7.79. The average molecular weight is 407 g/mol. The molecule has 3 heterocycles. The first-order valence-electron chi connectivity index (χ1n) is 9.06. The number of pyridine rings is 1. The number of hydrogen-bond acceptors (Lipinski definition) is 4. The highest BCUT2D eigenvalue weighted by Crippen LogP contribution is 2.37. The van der Waals surface area contributed by atoms with Gasteiger partial charge in [-0.1, -0.05) is 23.2 Å². The summed E-state index contributed by atoms with van der Waals surface area (Å²) < 4.78 is 11.7. The third-order valence-corrected chi connectivity index (χ3v) is 5.69. The van der Waals surface area contributed by atoms with Crippen LogP contribution in [0.3, 0.4) is 0 Å². The summed E-state index contributed by atoms with van der Waals surface area (Å²) in [6.45, 7) is -0.0253. The largest absolute Gasteiger partial charge is 0.489 e. The topological polar surface area (TPSA) is 51.7 Å². The van der Waals surface area contributed by atoms with Gasteiger partial charge in [-0.05, 0) is 43.2 Å². The van der Waals surface area contributed by atoms with Gasteiger partial charge in [0.25, 0.3) is 5.91 Å². The molecular formula is C20H20Cl2N2O3. The molecule has 4 rings (SSSR count). The molecular weight excluding hydrogens is 387 g/mol. The number of piperidine rings is 1. The fourth-order valence-corrected chi connectivity index (χ4v) is 4.51. The van der Waals surface area contributed by atoms with Crippen molar-refractivity contribution in [2.45, 2.75) is 43.9 Å². The molecule has 142 valence electrons. The molecule has 0 aliphatic carbocycles. The van der Waals surface area contributed by atoms with Crippen molar-refractivity contribution >= 4 is 29.1 Å². The van der Waals surface area contributed by atoms with Gasteiger partial charge in [0, 0.05) is 36.1 Å². The van der Waals surface area contributed by atoms with E-state index < -0.39 is 0 Å². The summed E-state index contributed by atoms with van der Waals surface area (Å²) in [6.07, 6.45) is 7.24. The van der Waals surface area contributed by atoms with Gasteiger partial charge in [0.15, 0.2) is 6.61 Å². The predicted octanol–water partition coefficient (Wildman–Crippen LogP) is 4.37. The molecule has 2 fully saturated rings. The summed E-state index contributed by atoms with van der Waals surface area (Å²) in [7, 11) is 0. The summed E-state index contributed by atoms with van der Waals surface area (Å²) in [5, 5.41) is 0.939. The number of benzene rings is 1. The number of hydrogen-bond donors (Lipinski definition) is 0. The molecule has 1 amide bonds. The Labute approximate surface area is 168 Å². The number of aromatic nitrogens is 1. The van der Waals surface area contributed by atoms with Crippen LogP contribution in [0.25, 0.3) is 0 Å². The molecule has 27 heavy (non-hydrogen) atoms. The number of fused-ring (bicyclic) bond motifs is 2. The molecule has 2 unspecified atom stereocenters. The zero-order valence-electron chi connectivity index (χ0n) is 14.7. The lowest BCUT2D eigenvalue weighted by atomic mass is 9.99. The lowest BCUT2D eigenvalue weighted by Gasteiger charge is -2.38. The Balaban J connectivity index is 1.35. The van der Waals surface area contributed by atoms with Crippen LogP contribution in [-0.2, 0) is 4.79 Å². The minimum atomic E-state index is -0.0253. The lowest BCUT2D eigenvalue weighted by molar-refractivity contribution is -0.139. The minimum Gasteiger partial charge on any atom is -0.489 e. The summed E-state index contributed by atoms with van der Waals surface area (Å²) in [5.41, 5.74) is 0. The van der Waals surface area contributed by atoms with Crippen LogP contribution in [0.1, 0.15) is 25.7 Å². The fraction of sp³-hybridized carbons (Fsp3) is 0.400. The third-order valence-electron chi connectivity index (χ3n) is 5.16. The Bertz CT molecular complexity index is 804. The maximum atomic E-state index is 12.8. The van der Waals surface area contributed by atoms with Crippen molar-refractivity contribution < 1.29 is 14.3 Å². The van der Waals surface area contributed by atoms with Crippen LogP contribution in [0.15, 0.2) is 42.7 Å². The van der Waals surface area contributed by atoms with Gasteiger partial charge in [-0.25, -0.2) is 0 Å². The van der Waals surface area contributed by atoms with Gasteiger partial charge in [0.05, 0.1) is 11.2 Å². The lowest BCUT2D eigenvalue weighted by Crippen LogP contribution is -2.50. The van der Waals surface area contributed by atoms with Crippen molar-refractivity contribution in [2.75, 3.05) is 6.61 Å². The van der Waals surface area contributed by atoms with E-state index in [1.54, 1.807) is 30.6 Å². The zero-order valence-corrected chi connectivity index (χ0v) is 16.2. The quantitative estimate of drug-likeness (QED) is 0.739. The number of nitrogens with zero attached hydrogens (tertiary/aromatic N) is 2. The van der Waals surface area contributed by atoms with E-state index in [2.05, 4.69) is 4.98 Å². The maximum Gasteiger partial charge on any atom is 0.261 e. The van der Waals surface area contributed by atoms with Gasteiger partial charge in [-0.3, -0.25) is 9.78 Å². The SMILES string of the molecule is O=C(COc1ccc(Cl)cc1Cl)N1C2CCC1CC(Oc1cccnc1)C2. The monoisotopic (exact) mass is 406 g/mol. The third kappa shape index (κ3) is 4.14. The highest BCUT2D eigenvalue weighted by Gasteiger charge is 2.44. The van der Waals surface area contributed by atoms with Crippen LogP contribution >= 0.6 is 23.2 Å². The highest BCUT2D eigenvalue weighted by molar-refractivity contribution is 6.35.